The number of anilines is 1. The van der Waals surface area contributed by atoms with Gasteiger partial charge in [0.25, 0.3) is 43.9 Å². The Morgan fingerprint density at radius 3 is 1.47 bits per heavy atom. The highest BCUT2D eigenvalue weighted by atomic mass is 32.2. The fourth-order valence-electron chi connectivity index (χ4n) is 11.0. The summed E-state index contributed by atoms with van der Waals surface area (Å²) in [4.78, 5) is 75.5. The summed E-state index contributed by atoms with van der Waals surface area (Å²) >= 11 is 0. The number of nitrogens with one attached hydrogen (secondary N) is 4. The molecule has 4 aromatic carbocycles. The van der Waals surface area contributed by atoms with E-state index in [-0.39, 0.29) is 29.9 Å². The van der Waals surface area contributed by atoms with Gasteiger partial charge >= 0.3 is 48.4 Å². The van der Waals surface area contributed by atoms with Crippen molar-refractivity contribution in [3.8, 4) is 22.3 Å². The van der Waals surface area contributed by atoms with E-state index in [0.717, 1.165) is 22.0 Å². The zero-order valence-electron chi connectivity index (χ0n) is 54.1. The fraction of sp³-hybridized carbons (Fsp3) is 0.322. The minimum Gasteiger partial charge on any atom is -0.748 e. The summed E-state index contributed by atoms with van der Waals surface area (Å²) in [6.07, 6.45) is 6.19. The first-order chi connectivity index (χ1) is 46.8. The van der Waals surface area contributed by atoms with Crippen LogP contribution in [0, 0.1) is 0 Å². The number of benzene rings is 4. The van der Waals surface area contributed by atoms with Crippen LogP contribution in [0.1, 0.15) is 114 Å². The lowest BCUT2D eigenvalue weighted by molar-refractivity contribution is -0.435. The molecule has 6 aromatic rings. The van der Waals surface area contributed by atoms with Gasteiger partial charge in [-0.05, 0) is 133 Å². The van der Waals surface area contributed by atoms with Gasteiger partial charge in [-0.1, -0.05) is 51.1 Å². The molecule has 2 aliphatic heterocycles. The van der Waals surface area contributed by atoms with Crippen molar-refractivity contribution in [1.29, 1.82) is 0 Å². The highest BCUT2D eigenvalue weighted by Gasteiger charge is 2.47. The average Bonchev–Trinajstić information content (AvgIpc) is 1.58. The molecular weight excluding hydrogens is 1480 g/mol. The molecule has 4 heterocycles. The van der Waals surface area contributed by atoms with Crippen LogP contribution in [0.25, 0.3) is 43.8 Å². The highest BCUT2D eigenvalue weighted by Crippen LogP contribution is 2.54. The topological polar surface area (TPSA) is 557 Å². The molecule has 0 fully saturated rings. The molecule has 0 aliphatic carbocycles. The minimum absolute atomic E-state index is 0.0305. The molecular formula is C59H64N8O27S7. The van der Waals surface area contributed by atoms with Crippen molar-refractivity contribution in [2.75, 3.05) is 55.7 Å². The van der Waals surface area contributed by atoms with Crippen molar-refractivity contribution in [3.63, 3.8) is 0 Å². The van der Waals surface area contributed by atoms with E-state index in [1.165, 1.54) is 30.3 Å². The molecule has 0 saturated heterocycles. The van der Waals surface area contributed by atoms with E-state index in [9.17, 15) is 68.0 Å². The number of pyridine rings is 2. The van der Waals surface area contributed by atoms with Gasteiger partial charge in [0, 0.05) is 66.5 Å². The van der Waals surface area contributed by atoms with Crippen molar-refractivity contribution < 1.29 is 123 Å². The highest BCUT2D eigenvalue weighted by molar-refractivity contribution is 7.86. The Morgan fingerprint density at radius 1 is 0.584 bits per heavy atom. The predicted molar refractivity (Wildman–Crippen MR) is 358 cm³/mol. The standard InChI is InChI=1S/C59H64N8O15S3.4O3S/c1-8-22-66-49(59(6,7)44-32-41(38-20-19-36(85(80,81)82)30-42(38)53(44)66)35-28-47(56(72)62-21-25-84(77,78)79)65-48(29-35)57(73)63-33-51(68)69)17-13-18-50-58(4,5)43-31-40(34-26-45(54(70)60-9-2)64-46(27-34)55(71)61-10-3)37-15-11-12-16-39(37)52(43)67(50)23-14-24-83(74,75)76;4*1-4(2)3/h11-13,15-20,26-32H,8-10,14,21-25,33H2,1-7H3,(H7-,60,61,62,63,68,69,70,71,72,73,74,75,76,77,78,79,80,81,82);;;;. The quantitative estimate of drug-likeness (QED) is 0.0378. The number of aromatic nitrogens is 2. The Balaban J connectivity index is 0.00000122. The zero-order valence-corrected chi connectivity index (χ0v) is 59.8. The number of allylic oxidation sites excluding steroid dienone is 4. The first-order valence-corrected chi connectivity index (χ1v) is 37.8. The molecule has 0 radical (unpaired) electrons. The van der Waals surface area contributed by atoms with E-state index in [1.807, 2.05) is 98.7 Å². The molecule has 0 atom stereocenters. The van der Waals surface area contributed by atoms with Gasteiger partial charge in [-0.15, -0.1) is 50.5 Å². The van der Waals surface area contributed by atoms with Crippen LogP contribution < -0.4 is 26.2 Å². The van der Waals surface area contributed by atoms with Gasteiger partial charge in [0.05, 0.1) is 37.3 Å². The molecule has 101 heavy (non-hydrogen) atoms. The Hall–Kier alpha value is -9.79. The van der Waals surface area contributed by atoms with Crippen molar-refractivity contribution in [2.24, 2.45) is 0 Å². The van der Waals surface area contributed by atoms with Crippen LogP contribution in [0.4, 0.5) is 11.4 Å². The number of carboxylic acid groups (broad SMARTS) is 1. The van der Waals surface area contributed by atoms with Gasteiger partial charge in [0.2, 0.25) is 5.69 Å². The summed E-state index contributed by atoms with van der Waals surface area (Å²) in [5.74, 6) is -5.75. The second kappa shape index (κ2) is 35.5. The van der Waals surface area contributed by atoms with Crippen LogP contribution in [0.3, 0.4) is 0 Å². The van der Waals surface area contributed by atoms with Gasteiger partial charge in [-0.2, -0.15) is 21.4 Å². The molecule has 42 heteroatoms. The third-order valence-electron chi connectivity index (χ3n) is 14.8. The van der Waals surface area contributed by atoms with Crippen LogP contribution in [-0.4, -0.2) is 195 Å². The summed E-state index contributed by atoms with van der Waals surface area (Å²) in [7, 11) is -26.4. The van der Waals surface area contributed by atoms with Crippen molar-refractivity contribution >= 4 is 141 Å². The Labute approximate surface area is 583 Å². The fourth-order valence-corrected chi connectivity index (χ4v) is 12.3. The Kier molecular flexibility index (Phi) is 29.4. The van der Waals surface area contributed by atoms with Gasteiger partial charge in [-0.25, -0.2) is 18.4 Å². The van der Waals surface area contributed by atoms with Crippen LogP contribution in [0.15, 0.2) is 108 Å². The minimum atomic E-state index is -4.82. The maximum Gasteiger partial charge on any atom is 0.425 e. The lowest BCUT2D eigenvalue weighted by atomic mass is 9.79. The number of amides is 4. The number of nitrogens with zero attached hydrogens (tertiary/aromatic N) is 4. The van der Waals surface area contributed by atoms with Gasteiger partial charge < -0.3 is 35.8 Å². The molecule has 0 saturated carbocycles. The molecule has 0 unspecified atom stereocenters. The van der Waals surface area contributed by atoms with Crippen molar-refractivity contribution in [1.82, 2.24) is 31.2 Å². The smallest absolute Gasteiger partial charge is 0.425 e. The van der Waals surface area contributed by atoms with E-state index in [1.54, 1.807) is 26.0 Å². The largest absolute Gasteiger partial charge is 0.748 e. The monoisotopic (exact) mass is 1540 g/mol. The SMILES string of the molecule is CCCN1/C(=C/C=C/C2=[N+](CCCS(=O)(=O)[O-])c3c(cc(-c4cc(C(=O)NCC)nc(C(=O)NCC)c4)c4ccccc34)C2(C)C)C(C)(C)c2cc(-c3cc(C(=O)NCCS(=O)(=O)O)nc(C(=O)NCC(=O)O)c3)c3ccc(S(=O)(=O)O)cc3c21.O=S(=O)=O.O=S(=O)=O.O=S(=O)=O.O=S(=O)=O. The van der Waals surface area contributed by atoms with E-state index >= 15 is 0 Å². The molecule has 2 aromatic heterocycles. The molecule has 2 aliphatic rings. The van der Waals surface area contributed by atoms with Crippen molar-refractivity contribution in [2.45, 2.75) is 77.0 Å². The maximum atomic E-state index is 13.6. The van der Waals surface area contributed by atoms with Crippen LogP contribution in [0.2, 0.25) is 0 Å². The Morgan fingerprint density at radius 2 is 1.03 bits per heavy atom. The molecule has 4 amide bonds. The van der Waals surface area contributed by atoms with E-state index in [2.05, 4.69) is 31.2 Å². The maximum absolute atomic E-state index is 13.6. The number of rotatable bonds is 22. The normalized spacial score (nSPS) is 13.7. The van der Waals surface area contributed by atoms with E-state index < -0.39 is 154 Å². The second-order valence-electron chi connectivity index (χ2n) is 22.2. The first kappa shape index (κ1) is 83.6. The molecule has 35 nitrogen and oxygen atoms in total. The predicted octanol–water partition coefficient (Wildman–Crippen LogP) is 2.24. The number of hydrogen-bond donors (Lipinski definition) is 7. The number of aliphatic carboxylic acids is 1. The van der Waals surface area contributed by atoms with Crippen LogP contribution >= 0.6 is 0 Å². The summed E-state index contributed by atoms with van der Waals surface area (Å²) < 4.78 is 208. The zero-order chi connectivity index (χ0) is 76.4. The first-order valence-electron chi connectivity index (χ1n) is 29.1. The average molecular weight is 1540 g/mol. The number of carbonyl (C=O) groups excluding carboxylic acids is 4. The third kappa shape index (κ3) is 23.1. The van der Waals surface area contributed by atoms with E-state index in [0.29, 0.717) is 76.2 Å². The molecule has 7 N–H and O–H groups in total. The molecule has 544 valence electrons. The molecule has 0 bridgehead atoms. The molecule has 0 spiro atoms. The van der Waals surface area contributed by atoms with Crippen molar-refractivity contribution in [3.05, 3.63) is 137 Å². The number of hydrogen-bond acceptors (Lipinski definition) is 27. The third-order valence-corrected chi connectivity index (χ3v) is 17.2. The number of carboxylic acids is 1. The van der Waals surface area contributed by atoms with Crippen LogP contribution in [0.5, 0.6) is 0 Å². The summed E-state index contributed by atoms with van der Waals surface area (Å²) in [5.41, 5.74) is 3.36. The Bertz CT molecular complexity index is 5090. The second-order valence-corrected chi connectivity index (χ2v) is 28.4. The lowest BCUT2D eigenvalue weighted by Crippen LogP contribution is -2.32. The van der Waals surface area contributed by atoms with Gasteiger partial charge in [-0.3, -0.25) is 33.1 Å². The van der Waals surface area contributed by atoms with Gasteiger partial charge in [0.15, 0.2) is 5.71 Å². The lowest BCUT2D eigenvalue weighted by Gasteiger charge is -2.27. The van der Waals surface area contributed by atoms with E-state index in [4.69, 9.17) is 50.5 Å². The summed E-state index contributed by atoms with van der Waals surface area (Å²) in [6, 6.07) is 21.2. The number of fused-ring (bicyclic) bond motifs is 6. The molecule has 8 rings (SSSR count). The van der Waals surface area contributed by atoms with Crippen LogP contribution in [-0.2, 0) is 88.4 Å². The van der Waals surface area contributed by atoms with Gasteiger partial charge in [0.1, 0.15) is 35.9 Å². The summed E-state index contributed by atoms with van der Waals surface area (Å²) in [5, 5.41) is 21.7. The summed E-state index contributed by atoms with van der Waals surface area (Å²) in [6.45, 7) is 13.1. The number of carbonyl (C=O) groups is 5.